The topological polar surface area (TPSA) is 45.7 Å². The molecule has 2 aromatic rings. The molecule has 1 aromatic carbocycles. The van der Waals surface area contributed by atoms with Crippen molar-refractivity contribution in [1.29, 1.82) is 0 Å². The second kappa shape index (κ2) is 7.80. The van der Waals surface area contributed by atoms with E-state index < -0.39 is 0 Å². The van der Waals surface area contributed by atoms with Crippen molar-refractivity contribution in [3.63, 3.8) is 0 Å². The van der Waals surface area contributed by atoms with Gasteiger partial charge >= 0.3 is 0 Å². The number of likely N-dealkylation sites (N-methyl/N-ethyl adjacent to an activating group) is 1. The molecule has 0 atom stereocenters. The molecule has 0 spiro atoms. The SMILES string of the molecule is Cc1nc(-c2ccc(N3CCOCC3)cc2)sc1C=CC(=O)N(C)C. The van der Waals surface area contributed by atoms with Crippen molar-refractivity contribution >= 4 is 29.0 Å². The van der Waals surface area contributed by atoms with Crippen molar-refractivity contribution in [3.8, 4) is 10.6 Å². The largest absolute Gasteiger partial charge is 0.378 e. The first-order chi connectivity index (χ1) is 12.0. The molecule has 2 heterocycles. The predicted molar refractivity (Wildman–Crippen MR) is 103 cm³/mol. The van der Waals surface area contributed by atoms with Crippen LogP contribution in [0, 0.1) is 6.92 Å². The van der Waals surface area contributed by atoms with Crippen LogP contribution in [0.1, 0.15) is 10.6 Å². The molecule has 1 saturated heterocycles. The van der Waals surface area contributed by atoms with Gasteiger partial charge in [-0.15, -0.1) is 11.3 Å². The first-order valence-corrected chi connectivity index (χ1v) is 9.16. The molecular weight excluding hydrogens is 334 g/mol. The molecule has 25 heavy (non-hydrogen) atoms. The molecule has 1 amide bonds. The van der Waals surface area contributed by atoms with Crippen molar-refractivity contribution in [3.05, 3.63) is 40.9 Å². The monoisotopic (exact) mass is 357 g/mol. The lowest BCUT2D eigenvalue weighted by atomic mass is 10.2. The van der Waals surface area contributed by atoms with Crippen LogP contribution >= 0.6 is 11.3 Å². The Labute approximate surface area is 152 Å². The lowest BCUT2D eigenvalue weighted by molar-refractivity contribution is -0.123. The number of nitrogens with zero attached hydrogens (tertiary/aromatic N) is 3. The molecule has 0 saturated carbocycles. The van der Waals surface area contributed by atoms with E-state index in [-0.39, 0.29) is 5.91 Å². The van der Waals surface area contributed by atoms with Gasteiger partial charge in [-0.1, -0.05) is 0 Å². The van der Waals surface area contributed by atoms with Crippen LogP contribution in [-0.4, -0.2) is 56.2 Å². The number of aromatic nitrogens is 1. The number of carbonyl (C=O) groups excluding carboxylic acids is 1. The van der Waals surface area contributed by atoms with E-state index in [1.165, 1.54) is 5.69 Å². The molecule has 1 aliphatic heterocycles. The number of carbonyl (C=O) groups is 1. The average Bonchev–Trinajstić information content (AvgIpc) is 3.01. The second-order valence-corrected chi connectivity index (χ2v) is 7.21. The summed E-state index contributed by atoms with van der Waals surface area (Å²) in [6.07, 6.45) is 3.44. The lowest BCUT2D eigenvalue weighted by Crippen LogP contribution is -2.36. The fourth-order valence-electron chi connectivity index (χ4n) is 2.62. The van der Waals surface area contributed by atoms with Crippen molar-refractivity contribution in [2.75, 3.05) is 45.3 Å². The Morgan fingerprint density at radius 2 is 1.92 bits per heavy atom. The van der Waals surface area contributed by atoms with E-state index >= 15 is 0 Å². The first-order valence-electron chi connectivity index (χ1n) is 8.34. The van der Waals surface area contributed by atoms with Gasteiger partial charge in [-0.2, -0.15) is 0 Å². The zero-order valence-electron chi connectivity index (χ0n) is 14.9. The highest BCUT2D eigenvalue weighted by molar-refractivity contribution is 7.16. The lowest BCUT2D eigenvalue weighted by Gasteiger charge is -2.28. The second-order valence-electron chi connectivity index (χ2n) is 6.18. The summed E-state index contributed by atoms with van der Waals surface area (Å²) in [5, 5.41) is 0.975. The molecule has 0 bridgehead atoms. The number of morpholine rings is 1. The number of hydrogen-bond donors (Lipinski definition) is 0. The predicted octanol–water partition coefficient (Wildman–Crippen LogP) is 3.06. The zero-order valence-corrected chi connectivity index (χ0v) is 15.7. The normalized spacial score (nSPS) is 14.9. The summed E-state index contributed by atoms with van der Waals surface area (Å²) >= 11 is 1.61. The zero-order chi connectivity index (χ0) is 17.8. The summed E-state index contributed by atoms with van der Waals surface area (Å²) in [6, 6.07) is 8.51. The van der Waals surface area contributed by atoms with Crippen LogP contribution in [0.25, 0.3) is 16.6 Å². The summed E-state index contributed by atoms with van der Waals surface area (Å²) in [6.45, 7) is 5.42. The Kier molecular flexibility index (Phi) is 5.50. The number of amides is 1. The summed E-state index contributed by atoms with van der Waals surface area (Å²) in [5.41, 5.74) is 3.26. The van der Waals surface area contributed by atoms with Gasteiger partial charge in [0.2, 0.25) is 5.91 Å². The van der Waals surface area contributed by atoms with Crippen molar-refractivity contribution in [2.45, 2.75) is 6.92 Å². The third-order valence-corrected chi connectivity index (χ3v) is 5.31. The molecule has 132 valence electrons. The number of anilines is 1. The van der Waals surface area contributed by atoms with Crippen LogP contribution in [0.15, 0.2) is 30.3 Å². The van der Waals surface area contributed by atoms with E-state index in [1.54, 1.807) is 36.4 Å². The quantitative estimate of drug-likeness (QED) is 0.789. The Bertz CT molecular complexity index is 759. The molecule has 0 N–H and O–H groups in total. The minimum absolute atomic E-state index is 0.0239. The summed E-state index contributed by atoms with van der Waals surface area (Å²) in [4.78, 5) is 21.3. The smallest absolute Gasteiger partial charge is 0.246 e. The number of thiazole rings is 1. The van der Waals surface area contributed by atoms with E-state index in [0.717, 1.165) is 47.4 Å². The molecule has 1 fully saturated rings. The molecule has 0 radical (unpaired) electrons. The van der Waals surface area contributed by atoms with Crippen LogP contribution < -0.4 is 4.90 Å². The standard InChI is InChI=1S/C19H23N3O2S/c1-14-17(8-9-18(23)21(2)3)25-19(20-14)15-4-6-16(7-5-15)22-10-12-24-13-11-22/h4-9H,10-13H2,1-3H3. The van der Waals surface area contributed by atoms with E-state index in [1.807, 2.05) is 13.0 Å². The Morgan fingerprint density at radius 1 is 1.24 bits per heavy atom. The maximum Gasteiger partial charge on any atom is 0.246 e. The van der Waals surface area contributed by atoms with Crippen LogP contribution in [0.5, 0.6) is 0 Å². The van der Waals surface area contributed by atoms with Gasteiger partial charge in [0, 0.05) is 44.5 Å². The summed E-state index contributed by atoms with van der Waals surface area (Å²) in [7, 11) is 3.49. The molecule has 0 aliphatic carbocycles. The van der Waals surface area contributed by atoms with Gasteiger partial charge in [0.05, 0.1) is 23.8 Å². The van der Waals surface area contributed by atoms with E-state index in [4.69, 9.17) is 4.74 Å². The highest BCUT2D eigenvalue weighted by Crippen LogP contribution is 2.30. The van der Waals surface area contributed by atoms with Crippen LogP contribution in [-0.2, 0) is 9.53 Å². The highest BCUT2D eigenvalue weighted by atomic mass is 32.1. The molecule has 0 unspecified atom stereocenters. The fraction of sp³-hybridized carbons (Fsp3) is 0.368. The average molecular weight is 357 g/mol. The van der Waals surface area contributed by atoms with Gasteiger partial charge in [0.1, 0.15) is 5.01 Å². The maximum atomic E-state index is 11.7. The Morgan fingerprint density at radius 3 is 2.56 bits per heavy atom. The van der Waals surface area contributed by atoms with Crippen molar-refractivity contribution in [1.82, 2.24) is 9.88 Å². The molecule has 3 rings (SSSR count). The van der Waals surface area contributed by atoms with Gasteiger partial charge in [-0.05, 0) is 37.3 Å². The maximum absolute atomic E-state index is 11.7. The third kappa shape index (κ3) is 4.27. The van der Waals surface area contributed by atoms with Crippen molar-refractivity contribution in [2.24, 2.45) is 0 Å². The highest BCUT2D eigenvalue weighted by Gasteiger charge is 2.12. The van der Waals surface area contributed by atoms with Crippen molar-refractivity contribution < 1.29 is 9.53 Å². The number of ether oxygens (including phenoxy) is 1. The molecule has 1 aliphatic rings. The first kappa shape index (κ1) is 17.6. The van der Waals surface area contributed by atoms with Gasteiger partial charge < -0.3 is 14.5 Å². The minimum atomic E-state index is -0.0239. The Balaban J connectivity index is 1.76. The van der Waals surface area contributed by atoms with Gasteiger partial charge in [-0.3, -0.25) is 4.79 Å². The van der Waals surface area contributed by atoms with Gasteiger partial charge in [0.15, 0.2) is 0 Å². The number of benzene rings is 1. The third-order valence-electron chi connectivity index (χ3n) is 4.14. The number of hydrogen-bond acceptors (Lipinski definition) is 5. The number of aryl methyl sites for hydroxylation is 1. The molecule has 6 heteroatoms. The summed E-state index contributed by atoms with van der Waals surface area (Å²) in [5.74, 6) is -0.0239. The van der Waals surface area contributed by atoms with Crippen LogP contribution in [0.3, 0.4) is 0 Å². The van der Waals surface area contributed by atoms with E-state index in [2.05, 4.69) is 34.1 Å². The van der Waals surface area contributed by atoms with E-state index in [0.29, 0.717) is 0 Å². The van der Waals surface area contributed by atoms with Crippen LogP contribution in [0.4, 0.5) is 5.69 Å². The fourth-order valence-corrected chi connectivity index (χ4v) is 3.59. The molecule has 1 aromatic heterocycles. The minimum Gasteiger partial charge on any atom is -0.378 e. The number of rotatable bonds is 4. The van der Waals surface area contributed by atoms with Crippen LogP contribution in [0.2, 0.25) is 0 Å². The van der Waals surface area contributed by atoms with E-state index in [9.17, 15) is 4.79 Å². The summed E-state index contributed by atoms with van der Waals surface area (Å²) < 4.78 is 5.40. The molecule has 5 nitrogen and oxygen atoms in total. The molecular formula is C19H23N3O2S. The van der Waals surface area contributed by atoms with Gasteiger partial charge in [0.25, 0.3) is 0 Å². The Hall–Kier alpha value is -2.18. The van der Waals surface area contributed by atoms with Gasteiger partial charge in [-0.25, -0.2) is 4.98 Å².